The largest absolute Gasteiger partial charge is 0.250 e. The van der Waals surface area contributed by atoms with Crippen molar-refractivity contribution in [3.63, 3.8) is 0 Å². The first-order valence-corrected chi connectivity index (χ1v) is 7.26. The van der Waals surface area contributed by atoms with Crippen molar-refractivity contribution in [3.8, 4) is 0 Å². The highest BCUT2D eigenvalue weighted by Crippen LogP contribution is 2.95. The number of hydrogen-bond donors (Lipinski definition) is 0. The second-order valence-electron chi connectivity index (χ2n) is 7.05. The number of rotatable bonds is 2. The molecule has 3 saturated carbocycles. The van der Waals surface area contributed by atoms with E-state index in [-0.39, 0.29) is 22.9 Å². The fraction of sp³-hybridized carbons (Fsp3) is 0.647. The fourth-order valence-electron chi connectivity index (χ4n) is 6.46. The maximum Gasteiger partial charge on any atom is 0.0967 e. The maximum atomic E-state index is 13.9. The molecule has 0 radical (unpaired) electrons. The summed E-state index contributed by atoms with van der Waals surface area (Å²) in [5.41, 5.74) is 1.65. The second-order valence-corrected chi connectivity index (χ2v) is 7.05. The molecule has 4 atom stereocenters. The minimum atomic E-state index is -0.129. The van der Waals surface area contributed by atoms with Crippen molar-refractivity contribution in [3.05, 3.63) is 35.9 Å². The predicted molar refractivity (Wildman–Crippen MR) is 71.1 cm³/mol. The van der Waals surface area contributed by atoms with Gasteiger partial charge in [0.05, 0.1) is 6.67 Å². The van der Waals surface area contributed by atoms with Gasteiger partial charge in [0.25, 0.3) is 0 Å². The molecule has 3 fully saturated rings. The Bertz CT molecular complexity index is 492. The van der Waals surface area contributed by atoms with Gasteiger partial charge in [-0.15, -0.1) is 0 Å². The van der Waals surface area contributed by atoms with E-state index in [2.05, 4.69) is 44.2 Å². The summed E-state index contributed by atoms with van der Waals surface area (Å²) in [6.45, 7) is 4.48. The van der Waals surface area contributed by atoms with Gasteiger partial charge < -0.3 is 0 Å². The van der Waals surface area contributed by atoms with Crippen LogP contribution >= 0.6 is 0 Å². The lowest BCUT2D eigenvalue weighted by Gasteiger charge is -2.47. The molecular weight excluding hydrogens is 223 g/mol. The van der Waals surface area contributed by atoms with Gasteiger partial charge in [-0.25, -0.2) is 0 Å². The molecule has 0 saturated heterocycles. The topological polar surface area (TPSA) is 0 Å². The highest BCUT2D eigenvalue weighted by Gasteiger charge is 2.95. The average molecular weight is 244 g/mol. The second kappa shape index (κ2) is 3.00. The summed E-state index contributed by atoms with van der Waals surface area (Å²) in [5, 5.41) is 0. The molecule has 18 heavy (non-hydrogen) atoms. The van der Waals surface area contributed by atoms with Crippen molar-refractivity contribution >= 4 is 0 Å². The zero-order valence-corrected chi connectivity index (χ0v) is 11.2. The van der Waals surface area contributed by atoms with Crippen LogP contribution in [0, 0.1) is 22.7 Å². The predicted octanol–water partition coefficient (Wildman–Crippen LogP) is 4.35. The first-order chi connectivity index (χ1) is 8.64. The lowest BCUT2D eigenvalue weighted by atomic mass is 9.56. The molecule has 3 aliphatic carbocycles. The molecule has 3 aliphatic rings. The Labute approximate surface area is 109 Å². The fourth-order valence-corrected chi connectivity index (χ4v) is 6.46. The van der Waals surface area contributed by atoms with E-state index in [1.807, 2.05) is 0 Å². The number of fused-ring (bicyclic) bond motifs is 4. The number of hydrogen-bond acceptors (Lipinski definition) is 0. The van der Waals surface area contributed by atoms with Crippen molar-refractivity contribution in [2.45, 2.75) is 38.5 Å². The Morgan fingerprint density at radius 2 is 1.78 bits per heavy atom. The number of halogens is 1. The summed E-state index contributed by atoms with van der Waals surface area (Å²) in [4.78, 5) is 0. The van der Waals surface area contributed by atoms with Crippen LogP contribution in [0.1, 0.15) is 38.7 Å². The monoisotopic (exact) mass is 244 g/mol. The zero-order chi connectivity index (χ0) is 12.6. The zero-order valence-electron chi connectivity index (χ0n) is 11.2. The van der Waals surface area contributed by atoms with E-state index in [0.717, 1.165) is 5.92 Å². The van der Waals surface area contributed by atoms with Gasteiger partial charge in [-0.05, 0) is 35.7 Å². The van der Waals surface area contributed by atoms with E-state index in [1.54, 1.807) is 0 Å². The van der Waals surface area contributed by atoms with Crippen molar-refractivity contribution in [2.24, 2.45) is 22.7 Å². The smallest absolute Gasteiger partial charge is 0.0967 e. The van der Waals surface area contributed by atoms with Gasteiger partial charge in [0, 0.05) is 10.8 Å². The molecule has 0 bridgehead atoms. The SMILES string of the molecule is CC1(C)[C@]2(CF)[C@H]3CCC[C@H]3[C@]12c1ccccc1. The van der Waals surface area contributed by atoms with E-state index >= 15 is 0 Å². The van der Waals surface area contributed by atoms with Gasteiger partial charge in [0.2, 0.25) is 0 Å². The number of benzene rings is 1. The van der Waals surface area contributed by atoms with Gasteiger partial charge in [-0.2, -0.15) is 0 Å². The van der Waals surface area contributed by atoms with Gasteiger partial charge in [0.15, 0.2) is 0 Å². The highest BCUT2D eigenvalue weighted by atomic mass is 19.1. The Morgan fingerprint density at radius 1 is 1.11 bits per heavy atom. The molecule has 0 aromatic heterocycles. The van der Waals surface area contributed by atoms with Crippen LogP contribution in [0.3, 0.4) is 0 Å². The summed E-state index contributed by atoms with van der Waals surface area (Å²) < 4.78 is 13.9. The van der Waals surface area contributed by atoms with Crippen LogP contribution in [0.5, 0.6) is 0 Å². The number of alkyl halides is 1. The van der Waals surface area contributed by atoms with Crippen LogP contribution < -0.4 is 0 Å². The van der Waals surface area contributed by atoms with E-state index < -0.39 is 0 Å². The molecule has 0 heterocycles. The average Bonchev–Trinajstić information content (AvgIpc) is 2.66. The highest BCUT2D eigenvalue weighted by molar-refractivity contribution is 5.54. The maximum absolute atomic E-state index is 13.9. The summed E-state index contributed by atoms with van der Waals surface area (Å²) in [6.07, 6.45) is 3.87. The molecule has 0 nitrogen and oxygen atoms in total. The molecular formula is C17H21F. The molecule has 0 amide bonds. The minimum Gasteiger partial charge on any atom is -0.250 e. The molecule has 1 aromatic carbocycles. The Hall–Kier alpha value is -0.850. The third kappa shape index (κ3) is 0.761. The minimum absolute atomic E-state index is 0.0392. The van der Waals surface area contributed by atoms with Crippen LogP contribution in [0.25, 0.3) is 0 Å². The van der Waals surface area contributed by atoms with Gasteiger partial charge >= 0.3 is 0 Å². The summed E-state index contributed by atoms with van der Waals surface area (Å²) >= 11 is 0. The molecule has 1 heteroatoms. The molecule has 0 spiro atoms. The molecule has 0 aliphatic heterocycles. The third-order valence-electron chi connectivity index (χ3n) is 6.89. The normalized spacial score (nSPS) is 47.1. The van der Waals surface area contributed by atoms with Crippen molar-refractivity contribution < 1.29 is 4.39 Å². The van der Waals surface area contributed by atoms with Crippen molar-refractivity contribution in [1.82, 2.24) is 0 Å². The molecule has 4 rings (SSSR count). The first kappa shape index (κ1) is 11.0. The van der Waals surface area contributed by atoms with Crippen molar-refractivity contribution in [1.29, 1.82) is 0 Å². The Balaban J connectivity index is 1.90. The van der Waals surface area contributed by atoms with Gasteiger partial charge in [-0.3, -0.25) is 4.39 Å². The molecule has 0 N–H and O–H groups in total. The van der Waals surface area contributed by atoms with E-state index in [1.165, 1.54) is 24.8 Å². The summed E-state index contributed by atoms with van der Waals surface area (Å²) in [6, 6.07) is 10.8. The Morgan fingerprint density at radius 3 is 2.44 bits per heavy atom. The summed E-state index contributed by atoms with van der Waals surface area (Å²) in [7, 11) is 0. The quantitative estimate of drug-likeness (QED) is 0.725. The van der Waals surface area contributed by atoms with Crippen LogP contribution in [-0.4, -0.2) is 6.67 Å². The standard InChI is InChI=1S/C17H21F/c1-15(2)16(11-18)13-9-6-10-14(13)17(15,16)12-7-4-3-5-8-12/h3-5,7-8,13-14H,6,9-11H2,1-2H3/t13-,14+,16-,17+/m0/s1. The Kier molecular flexibility index (Phi) is 1.84. The van der Waals surface area contributed by atoms with Crippen LogP contribution in [0.15, 0.2) is 30.3 Å². The molecule has 0 unspecified atom stereocenters. The van der Waals surface area contributed by atoms with Crippen LogP contribution in [-0.2, 0) is 5.41 Å². The lowest BCUT2D eigenvalue weighted by Crippen LogP contribution is -2.47. The molecule has 1 aromatic rings. The van der Waals surface area contributed by atoms with E-state index in [4.69, 9.17) is 0 Å². The van der Waals surface area contributed by atoms with E-state index in [0.29, 0.717) is 5.92 Å². The molecule has 96 valence electrons. The van der Waals surface area contributed by atoms with Crippen molar-refractivity contribution in [2.75, 3.05) is 6.67 Å². The first-order valence-electron chi connectivity index (χ1n) is 7.26. The van der Waals surface area contributed by atoms with Gasteiger partial charge in [-0.1, -0.05) is 50.6 Å². The summed E-state index contributed by atoms with van der Waals surface area (Å²) in [5.74, 6) is 1.39. The third-order valence-corrected chi connectivity index (χ3v) is 6.89. The van der Waals surface area contributed by atoms with Gasteiger partial charge in [0.1, 0.15) is 0 Å². The van der Waals surface area contributed by atoms with Crippen LogP contribution in [0.2, 0.25) is 0 Å². The van der Waals surface area contributed by atoms with E-state index in [9.17, 15) is 4.39 Å². The van der Waals surface area contributed by atoms with Crippen LogP contribution in [0.4, 0.5) is 4.39 Å². The lowest BCUT2D eigenvalue weighted by molar-refractivity contribution is 0.0338.